The van der Waals surface area contributed by atoms with Crippen LogP contribution in [-0.2, 0) is 50.2 Å². The lowest BCUT2D eigenvalue weighted by molar-refractivity contribution is -0.241. The number of unbranched alkanes of at least 4 members (excludes halogenated alkanes) is 3. The van der Waals surface area contributed by atoms with Crippen LogP contribution in [0.4, 0.5) is 0 Å². The highest BCUT2D eigenvalue weighted by Gasteiger charge is 2.55. The fraction of sp³-hybridized carbons (Fsp3) is 0.405. The van der Waals surface area contributed by atoms with Gasteiger partial charge in [-0.05, 0) is 28.7 Å². The number of hydrogen-bond donors (Lipinski definition) is 2. The van der Waals surface area contributed by atoms with Gasteiger partial charge in [0.2, 0.25) is 5.91 Å². The quantitative estimate of drug-likeness (QED) is 0.102. The third-order valence-electron chi connectivity index (χ3n) is 9.51. The summed E-state index contributed by atoms with van der Waals surface area (Å²) in [6.45, 7) is 3.49. The minimum Gasteiger partial charge on any atom is -0.370 e. The number of nitrogens with two attached hydrogens (primary N) is 2. The predicted octanol–water partition coefficient (Wildman–Crippen LogP) is 7.36. The number of carbonyl (C=O) groups excluding carboxylic acids is 1. The van der Waals surface area contributed by atoms with Crippen molar-refractivity contribution >= 4 is 5.91 Å². The van der Waals surface area contributed by atoms with Crippen molar-refractivity contribution in [1.29, 1.82) is 0 Å². The van der Waals surface area contributed by atoms with Gasteiger partial charge in [-0.25, -0.2) is 0 Å². The van der Waals surface area contributed by atoms with Crippen LogP contribution in [0.3, 0.4) is 0 Å². The van der Waals surface area contributed by atoms with Crippen molar-refractivity contribution < 1.29 is 23.7 Å². The third kappa shape index (κ3) is 10.6. The average Bonchev–Trinajstić information content (AvgIpc) is 3.14. The van der Waals surface area contributed by atoms with Crippen LogP contribution in [0.2, 0.25) is 0 Å². The van der Waals surface area contributed by atoms with Crippen LogP contribution in [-0.4, -0.2) is 36.4 Å². The molecule has 0 saturated heterocycles. The Balaban J connectivity index is 1.55. The zero-order valence-corrected chi connectivity index (χ0v) is 28.6. The number of rotatable bonds is 19. The Labute approximate surface area is 291 Å². The lowest BCUT2D eigenvalue weighted by Gasteiger charge is -2.51. The Morgan fingerprint density at radius 1 is 0.551 bits per heavy atom. The summed E-state index contributed by atoms with van der Waals surface area (Å²) >= 11 is 0. The van der Waals surface area contributed by atoms with Gasteiger partial charge in [-0.2, -0.15) is 0 Å². The molecular weight excluding hydrogens is 612 g/mol. The Kier molecular flexibility index (Phi) is 14.4. The molecule has 0 heterocycles. The monoisotopic (exact) mass is 664 g/mol. The maximum Gasteiger partial charge on any atom is 0.220 e. The van der Waals surface area contributed by atoms with Gasteiger partial charge in [0.05, 0.1) is 32.5 Å². The van der Waals surface area contributed by atoms with Crippen molar-refractivity contribution in [3.05, 3.63) is 144 Å². The predicted molar refractivity (Wildman–Crippen MR) is 193 cm³/mol. The maximum atomic E-state index is 13.4. The molecule has 4 aromatic carbocycles. The molecule has 1 unspecified atom stereocenters. The minimum absolute atomic E-state index is 0.322. The van der Waals surface area contributed by atoms with E-state index in [9.17, 15) is 4.79 Å². The Hall–Kier alpha value is -3.85. The molecule has 49 heavy (non-hydrogen) atoms. The second-order valence-corrected chi connectivity index (χ2v) is 13.1. The first kappa shape index (κ1) is 36.4. The van der Waals surface area contributed by atoms with Gasteiger partial charge in [0, 0.05) is 17.9 Å². The zero-order valence-electron chi connectivity index (χ0n) is 28.6. The fourth-order valence-corrected chi connectivity index (χ4v) is 6.92. The molecule has 1 amide bonds. The third-order valence-corrected chi connectivity index (χ3v) is 9.51. The summed E-state index contributed by atoms with van der Waals surface area (Å²) < 4.78 is 27.3. The van der Waals surface area contributed by atoms with E-state index in [4.69, 9.17) is 30.4 Å². The van der Waals surface area contributed by atoms with Crippen LogP contribution in [0.15, 0.2) is 121 Å². The van der Waals surface area contributed by atoms with E-state index in [0.717, 1.165) is 47.9 Å². The first-order valence-electron chi connectivity index (χ1n) is 17.7. The van der Waals surface area contributed by atoms with Gasteiger partial charge in [0.1, 0.15) is 18.3 Å². The average molecular weight is 665 g/mol. The van der Waals surface area contributed by atoms with Gasteiger partial charge < -0.3 is 30.4 Å². The molecule has 4 aromatic rings. The number of ether oxygens (including phenoxy) is 4. The summed E-state index contributed by atoms with van der Waals surface area (Å²) in [5.74, 6) is -1.38. The summed E-state index contributed by atoms with van der Waals surface area (Å²) in [6, 6.07) is 39.5. The molecule has 1 aliphatic carbocycles. The molecule has 7 heteroatoms. The molecule has 0 radical (unpaired) electrons. The molecule has 4 N–H and O–H groups in total. The number of hydrogen-bond acceptors (Lipinski definition) is 6. The number of carbonyl (C=O) groups is 1. The normalized spacial score (nSPS) is 22.8. The van der Waals surface area contributed by atoms with Crippen molar-refractivity contribution in [3.8, 4) is 0 Å². The van der Waals surface area contributed by atoms with E-state index in [1.54, 1.807) is 0 Å². The van der Waals surface area contributed by atoms with E-state index in [1.165, 1.54) is 0 Å². The molecule has 0 aromatic heterocycles. The second-order valence-electron chi connectivity index (χ2n) is 13.1. The van der Waals surface area contributed by atoms with Gasteiger partial charge >= 0.3 is 0 Å². The Morgan fingerprint density at radius 3 is 1.31 bits per heavy atom. The summed E-state index contributed by atoms with van der Waals surface area (Å²) in [6.07, 6.45) is 2.27. The highest BCUT2D eigenvalue weighted by Crippen LogP contribution is 2.40. The van der Waals surface area contributed by atoms with E-state index >= 15 is 0 Å². The topological polar surface area (TPSA) is 106 Å². The first-order chi connectivity index (χ1) is 24.0. The molecule has 7 nitrogen and oxygen atoms in total. The fourth-order valence-electron chi connectivity index (χ4n) is 6.92. The summed E-state index contributed by atoms with van der Waals surface area (Å²) in [4.78, 5) is 13.4. The molecule has 7 atom stereocenters. The van der Waals surface area contributed by atoms with Crippen LogP contribution in [0.5, 0.6) is 0 Å². The lowest BCUT2D eigenvalue weighted by atomic mass is 9.69. The van der Waals surface area contributed by atoms with E-state index in [2.05, 4.69) is 6.92 Å². The van der Waals surface area contributed by atoms with Crippen LogP contribution < -0.4 is 11.5 Å². The van der Waals surface area contributed by atoms with Gasteiger partial charge in [0.25, 0.3) is 0 Å². The highest BCUT2D eigenvalue weighted by molar-refractivity contribution is 5.77. The highest BCUT2D eigenvalue weighted by atomic mass is 16.6. The van der Waals surface area contributed by atoms with Gasteiger partial charge in [-0.1, -0.05) is 154 Å². The van der Waals surface area contributed by atoms with Crippen molar-refractivity contribution in [3.63, 3.8) is 0 Å². The second kappa shape index (κ2) is 19.4. The minimum atomic E-state index is -0.620. The lowest BCUT2D eigenvalue weighted by Crippen LogP contribution is -2.68. The molecule has 260 valence electrons. The van der Waals surface area contributed by atoms with Crippen LogP contribution in [0, 0.1) is 11.8 Å². The van der Waals surface area contributed by atoms with Crippen molar-refractivity contribution in [2.24, 2.45) is 23.3 Å². The van der Waals surface area contributed by atoms with Crippen molar-refractivity contribution in [2.45, 2.75) is 95.9 Å². The van der Waals surface area contributed by atoms with E-state index < -0.39 is 42.3 Å². The van der Waals surface area contributed by atoms with Crippen LogP contribution in [0.25, 0.3) is 0 Å². The van der Waals surface area contributed by atoms with Gasteiger partial charge in [-0.3, -0.25) is 4.79 Å². The van der Waals surface area contributed by atoms with Crippen LogP contribution in [0.1, 0.15) is 61.3 Å². The van der Waals surface area contributed by atoms with Crippen molar-refractivity contribution in [2.75, 3.05) is 0 Å². The Morgan fingerprint density at radius 2 is 0.918 bits per heavy atom. The maximum absolute atomic E-state index is 13.4. The standard InChI is InChI=1S/C42H52N2O5/c1-2-3-4-17-26-35(42(44)45)36-37(43)39(47-28-32-20-11-6-12-21-32)41(49-30-34-24-15-8-16-25-34)40(48-29-33-22-13-7-14-23-33)38(36)46-27-31-18-9-5-10-19-31/h5-16,18-25,35-41H,2-4,17,26-30,43H2,1H3,(H2,44,45)/t35-,36-,37?,38+,39+,40-,41-/m1/s1. The zero-order chi connectivity index (χ0) is 34.3. The molecule has 0 spiro atoms. The number of amides is 1. The molecule has 1 aliphatic rings. The molecule has 0 bridgehead atoms. The van der Waals surface area contributed by atoms with E-state index in [1.807, 2.05) is 121 Å². The summed E-state index contributed by atoms with van der Waals surface area (Å²) in [5.41, 5.74) is 17.6. The van der Waals surface area contributed by atoms with E-state index in [-0.39, 0.29) is 5.91 Å². The largest absolute Gasteiger partial charge is 0.370 e. The number of benzene rings is 4. The Bertz CT molecular complexity index is 1490. The summed E-state index contributed by atoms with van der Waals surface area (Å²) in [5, 5.41) is 0. The molecule has 5 rings (SSSR count). The first-order valence-corrected chi connectivity index (χ1v) is 17.7. The van der Waals surface area contributed by atoms with E-state index in [0.29, 0.717) is 32.8 Å². The summed E-state index contributed by atoms with van der Waals surface area (Å²) in [7, 11) is 0. The van der Waals surface area contributed by atoms with Gasteiger partial charge in [-0.15, -0.1) is 0 Å². The van der Waals surface area contributed by atoms with Crippen LogP contribution >= 0.6 is 0 Å². The van der Waals surface area contributed by atoms with Gasteiger partial charge in [0.15, 0.2) is 0 Å². The SMILES string of the molecule is CCCCCC[C@@H](C(N)=O)[C@@H]1C(N)[C@H](OCc2ccccc2)[C@@H](OCc2ccccc2)[C@H](OCc2ccccc2)[C@H]1OCc1ccccc1. The molecule has 1 saturated carbocycles. The molecule has 1 fully saturated rings. The number of primary amides is 1. The molecular formula is C42H52N2O5. The molecule has 0 aliphatic heterocycles. The smallest absolute Gasteiger partial charge is 0.220 e. The van der Waals surface area contributed by atoms with Crippen molar-refractivity contribution in [1.82, 2.24) is 0 Å².